The van der Waals surface area contributed by atoms with Gasteiger partial charge in [-0.3, -0.25) is 9.69 Å². The second kappa shape index (κ2) is 5.11. The first-order chi connectivity index (χ1) is 9.90. The number of fused-ring (bicyclic) bond motifs is 1. The molecule has 0 aliphatic carbocycles. The van der Waals surface area contributed by atoms with Gasteiger partial charge in [-0.15, -0.1) is 0 Å². The molecule has 2 heterocycles. The van der Waals surface area contributed by atoms with Gasteiger partial charge in [-0.25, -0.2) is 0 Å². The molecule has 114 valence electrons. The molecule has 4 nitrogen and oxygen atoms in total. The molecule has 1 amide bonds. The van der Waals surface area contributed by atoms with Gasteiger partial charge in [0.1, 0.15) is 0 Å². The van der Waals surface area contributed by atoms with Gasteiger partial charge in [0.25, 0.3) is 0 Å². The number of anilines is 1. The average molecular weight is 288 g/mol. The molecule has 1 aromatic rings. The van der Waals surface area contributed by atoms with Crippen molar-refractivity contribution in [3.05, 3.63) is 29.8 Å². The number of rotatable bonds is 3. The number of carbonyl (C=O) groups is 1. The minimum absolute atomic E-state index is 0.137. The van der Waals surface area contributed by atoms with Gasteiger partial charge in [0.2, 0.25) is 5.91 Å². The molecule has 1 atom stereocenters. The molecule has 4 heteroatoms. The average Bonchev–Trinajstić information content (AvgIpc) is 2.72. The van der Waals surface area contributed by atoms with Crippen molar-refractivity contribution in [2.45, 2.75) is 38.8 Å². The van der Waals surface area contributed by atoms with E-state index in [9.17, 15) is 9.90 Å². The molecule has 0 bridgehead atoms. The third kappa shape index (κ3) is 2.47. The number of hydrogen-bond donors (Lipinski definition) is 1. The molecular formula is C17H24N2O2. The van der Waals surface area contributed by atoms with Crippen molar-refractivity contribution in [1.29, 1.82) is 0 Å². The van der Waals surface area contributed by atoms with E-state index < -0.39 is 5.60 Å². The Morgan fingerprint density at radius 1 is 1.38 bits per heavy atom. The Hall–Kier alpha value is -1.39. The lowest BCUT2D eigenvalue weighted by atomic mass is 9.83. The Balaban J connectivity index is 1.65. The summed E-state index contributed by atoms with van der Waals surface area (Å²) in [5, 5.41) is 10.3. The van der Waals surface area contributed by atoms with Crippen LogP contribution in [0.1, 0.15) is 26.3 Å². The predicted molar refractivity (Wildman–Crippen MR) is 83.3 cm³/mol. The van der Waals surface area contributed by atoms with Crippen molar-refractivity contribution in [3.63, 3.8) is 0 Å². The third-order valence-electron chi connectivity index (χ3n) is 4.90. The molecule has 21 heavy (non-hydrogen) atoms. The number of aliphatic hydroxyl groups is 1. The van der Waals surface area contributed by atoms with Crippen LogP contribution in [0.2, 0.25) is 0 Å². The predicted octanol–water partition coefficient (Wildman–Crippen LogP) is 1.67. The maximum atomic E-state index is 12.6. The van der Waals surface area contributed by atoms with Gasteiger partial charge in [0, 0.05) is 24.8 Å². The zero-order chi connectivity index (χ0) is 15.2. The number of amides is 1. The smallest absolute Gasteiger partial charge is 0.241 e. The van der Waals surface area contributed by atoms with Crippen LogP contribution in [0.15, 0.2) is 24.3 Å². The number of benzene rings is 1. The van der Waals surface area contributed by atoms with Gasteiger partial charge in [-0.05, 0) is 30.9 Å². The Labute approximate surface area is 126 Å². The molecule has 3 rings (SSSR count). The lowest BCUT2D eigenvalue weighted by molar-refractivity contribution is -0.140. The second-order valence-corrected chi connectivity index (χ2v) is 6.85. The van der Waals surface area contributed by atoms with E-state index in [1.54, 1.807) is 0 Å². The Bertz CT molecular complexity index is 549. The highest BCUT2D eigenvalue weighted by atomic mass is 16.3. The van der Waals surface area contributed by atoms with E-state index in [1.165, 1.54) is 5.56 Å². The van der Waals surface area contributed by atoms with E-state index in [0.717, 1.165) is 12.1 Å². The van der Waals surface area contributed by atoms with E-state index in [0.29, 0.717) is 19.6 Å². The minimum atomic E-state index is -0.616. The SMILES string of the molecule is CC1Cc2ccccc2N1C(=O)CN1CC(O)(C(C)C)C1. The second-order valence-electron chi connectivity index (χ2n) is 6.85. The summed E-state index contributed by atoms with van der Waals surface area (Å²) in [6.07, 6.45) is 0.928. The fraction of sp³-hybridized carbons (Fsp3) is 0.588. The highest BCUT2D eigenvalue weighted by Crippen LogP contribution is 2.33. The molecule has 1 N–H and O–H groups in total. The molecule has 0 radical (unpaired) electrons. The Morgan fingerprint density at radius 2 is 2.05 bits per heavy atom. The normalized spacial score (nSPS) is 24.0. The highest BCUT2D eigenvalue weighted by Gasteiger charge is 2.45. The first-order valence-corrected chi connectivity index (χ1v) is 7.75. The number of carbonyl (C=O) groups excluding carboxylic acids is 1. The summed E-state index contributed by atoms with van der Waals surface area (Å²) in [5.41, 5.74) is 1.68. The van der Waals surface area contributed by atoms with E-state index >= 15 is 0 Å². The standard InChI is InChI=1S/C17H24N2O2/c1-12(2)17(21)10-18(11-17)9-16(20)19-13(3)8-14-6-4-5-7-15(14)19/h4-7,12-13,21H,8-11H2,1-3H3. The lowest BCUT2D eigenvalue weighted by Gasteiger charge is -2.49. The molecule has 1 fully saturated rings. The first-order valence-electron chi connectivity index (χ1n) is 7.75. The fourth-order valence-electron chi connectivity index (χ4n) is 3.42. The molecule has 1 saturated heterocycles. The Kier molecular flexibility index (Phi) is 3.54. The Morgan fingerprint density at radius 3 is 2.71 bits per heavy atom. The van der Waals surface area contributed by atoms with Crippen molar-refractivity contribution in [2.75, 3.05) is 24.5 Å². The van der Waals surface area contributed by atoms with E-state index in [2.05, 4.69) is 13.0 Å². The number of likely N-dealkylation sites (tertiary alicyclic amines) is 1. The minimum Gasteiger partial charge on any atom is -0.387 e. The summed E-state index contributed by atoms with van der Waals surface area (Å²) in [7, 11) is 0. The van der Waals surface area contributed by atoms with Gasteiger partial charge in [-0.1, -0.05) is 32.0 Å². The van der Waals surface area contributed by atoms with Gasteiger partial charge < -0.3 is 10.0 Å². The van der Waals surface area contributed by atoms with Gasteiger partial charge >= 0.3 is 0 Å². The topological polar surface area (TPSA) is 43.8 Å². The summed E-state index contributed by atoms with van der Waals surface area (Å²) in [6, 6.07) is 8.35. The van der Waals surface area contributed by atoms with Gasteiger partial charge in [0.15, 0.2) is 0 Å². The largest absolute Gasteiger partial charge is 0.387 e. The quantitative estimate of drug-likeness (QED) is 0.920. The summed E-state index contributed by atoms with van der Waals surface area (Å²) in [5.74, 6) is 0.369. The monoisotopic (exact) mass is 288 g/mol. The van der Waals surface area contributed by atoms with E-state index in [1.807, 2.05) is 41.8 Å². The fourth-order valence-corrected chi connectivity index (χ4v) is 3.42. The molecule has 1 aromatic carbocycles. The van der Waals surface area contributed by atoms with Crippen LogP contribution in [0.5, 0.6) is 0 Å². The summed E-state index contributed by atoms with van der Waals surface area (Å²) < 4.78 is 0. The van der Waals surface area contributed by atoms with E-state index in [4.69, 9.17) is 0 Å². The zero-order valence-electron chi connectivity index (χ0n) is 13.0. The first kappa shape index (κ1) is 14.5. The maximum absolute atomic E-state index is 12.6. The van der Waals surface area contributed by atoms with Crippen molar-refractivity contribution in [2.24, 2.45) is 5.92 Å². The number of hydrogen-bond acceptors (Lipinski definition) is 3. The number of nitrogens with zero attached hydrogens (tertiary/aromatic N) is 2. The third-order valence-corrected chi connectivity index (χ3v) is 4.90. The molecule has 1 unspecified atom stereocenters. The van der Waals surface area contributed by atoms with Crippen LogP contribution in [0.25, 0.3) is 0 Å². The maximum Gasteiger partial charge on any atom is 0.241 e. The molecule has 2 aliphatic rings. The molecule has 0 saturated carbocycles. The van der Waals surface area contributed by atoms with Crippen LogP contribution < -0.4 is 4.90 Å². The van der Waals surface area contributed by atoms with Crippen molar-refractivity contribution in [3.8, 4) is 0 Å². The number of β-amino-alcohol motifs (C(OH)–C–C–N with tert-alkyl or cyclic N) is 1. The molecule has 0 aromatic heterocycles. The summed E-state index contributed by atoms with van der Waals surface area (Å²) in [6.45, 7) is 7.74. The van der Waals surface area contributed by atoms with Gasteiger partial charge in [-0.2, -0.15) is 0 Å². The van der Waals surface area contributed by atoms with Crippen LogP contribution in [0.3, 0.4) is 0 Å². The van der Waals surface area contributed by atoms with Crippen molar-refractivity contribution < 1.29 is 9.90 Å². The van der Waals surface area contributed by atoms with Crippen molar-refractivity contribution in [1.82, 2.24) is 4.90 Å². The highest BCUT2D eigenvalue weighted by molar-refractivity contribution is 5.97. The summed E-state index contributed by atoms with van der Waals surface area (Å²) >= 11 is 0. The van der Waals surface area contributed by atoms with Crippen molar-refractivity contribution >= 4 is 11.6 Å². The van der Waals surface area contributed by atoms with Crippen LogP contribution in [0, 0.1) is 5.92 Å². The van der Waals surface area contributed by atoms with Crippen LogP contribution in [-0.4, -0.2) is 47.2 Å². The van der Waals surface area contributed by atoms with Crippen LogP contribution >= 0.6 is 0 Å². The molecular weight excluding hydrogens is 264 g/mol. The molecule has 0 spiro atoms. The molecule has 2 aliphatic heterocycles. The lowest BCUT2D eigenvalue weighted by Crippen LogP contribution is -2.66. The summed E-state index contributed by atoms with van der Waals surface area (Å²) in [4.78, 5) is 16.6. The zero-order valence-corrected chi connectivity index (χ0v) is 13.0. The number of para-hydroxylation sites is 1. The van der Waals surface area contributed by atoms with E-state index in [-0.39, 0.29) is 17.9 Å². The van der Waals surface area contributed by atoms with Crippen LogP contribution in [0.4, 0.5) is 5.69 Å². The van der Waals surface area contributed by atoms with Gasteiger partial charge in [0.05, 0.1) is 12.1 Å². The van der Waals surface area contributed by atoms with Crippen LogP contribution in [-0.2, 0) is 11.2 Å².